The van der Waals surface area contributed by atoms with Crippen molar-refractivity contribution in [3.05, 3.63) is 41.2 Å². The van der Waals surface area contributed by atoms with Crippen molar-refractivity contribution < 1.29 is 0 Å². The number of hydrogen-bond acceptors (Lipinski definition) is 2. The minimum absolute atomic E-state index is 0.844. The molecule has 1 N–H and O–H groups in total. The molecule has 0 fully saturated rings. The summed E-state index contributed by atoms with van der Waals surface area (Å²) in [4.78, 5) is 4.23. The highest BCUT2D eigenvalue weighted by Gasteiger charge is 1.92. The first-order chi connectivity index (χ1) is 6.83. The maximum Gasteiger partial charge on any atom is 0.0416 e. The predicted molar refractivity (Wildman–Crippen MR) is 60.4 cm³/mol. The van der Waals surface area contributed by atoms with Gasteiger partial charge in [0, 0.05) is 36.9 Å². The lowest BCUT2D eigenvalue weighted by molar-refractivity contribution is 0.719. The summed E-state index contributed by atoms with van der Waals surface area (Å²) in [5.74, 6) is 0. The van der Waals surface area contributed by atoms with Gasteiger partial charge < -0.3 is 5.32 Å². The van der Waals surface area contributed by atoms with E-state index in [0.717, 1.165) is 30.8 Å². The first-order valence-corrected chi connectivity index (χ1v) is 5.13. The van der Waals surface area contributed by atoms with Gasteiger partial charge in [0.2, 0.25) is 0 Å². The molecule has 0 aliphatic carbocycles. The van der Waals surface area contributed by atoms with Crippen LogP contribution in [0, 0.1) is 0 Å². The molecular formula is C11H15ClN2. The number of nitrogens with zero attached hydrogens (tertiary/aromatic N) is 1. The quantitative estimate of drug-likeness (QED) is 0.755. The number of rotatable bonds is 5. The zero-order valence-electron chi connectivity index (χ0n) is 8.33. The number of halogens is 1. The maximum atomic E-state index is 5.53. The summed E-state index contributed by atoms with van der Waals surface area (Å²) in [5, 5.41) is 3.29. The van der Waals surface area contributed by atoms with Crippen molar-refractivity contribution in [1.29, 1.82) is 0 Å². The maximum absolute atomic E-state index is 5.53. The molecule has 0 spiro atoms. The van der Waals surface area contributed by atoms with Crippen molar-refractivity contribution in [2.75, 3.05) is 13.1 Å². The first-order valence-electron chi connectivity index (χ1n) is 4.69. The number of pyridine rings is 1. The summed E-state index contributed by atoms with van der Waals surface area (Å²) in [7, 11) is 0. The van der Waals surface area contributed by atoms with Crippen LogP contribution in [0.4, 0.5) is 0 Å². The van der Waals surface area contributed by atoms with E-state index in [-0.39, 0.29) is 0 Å². The van der Waals surface area contributed by atoms with Crippen molar-refractivity contribution in [3.8, 4) is 0 Å². The molecule has 76 valence electrons. The first kappa shape index (κ1) is 11.2. The average Bonchev–Trinajstić information content (AvgIpc) is 2.25. The lowest BCUT2D eigenvalue weighted by atomic mass is 10.2. The minimum atomic E-state index is 0.844. The molecule has 1 aromatic heterocycles. The van der Waals surface area contributed by atoms with Gasteiger partial charge in [-0.15, -0.1) is 0 Å². The number of aromatic nitrogens is 1. The Bertz CT molecular complexity index is 283. The third kappa shape index (κ3) is 4.40. The van der Waals surface area contributed by atoms with Crippen LogP contribution in [0.15, 0.2) is 35.5 Å². The van der Waals surface area contributed by atoms with Gasteiger partial charge >= 0.3 is 0 Å². The van der Waals surface area contributed by atoms with Crippen molar-refractivity contribution in [3.63, 3.8) is 0 Å². The van der Waals surface area contributed by atoms with Crippen LogP contribution in [-0.2, 0) is 6.42 Å². The molecule has 0 saturated heterocycles. The van der Waals surface area contributed by atoms with Gasteiger partial charge in [0.05, 0.1) is 0 Å². The highest BCUT2D eigenvalue weighted by Crippen LogP contribution is 1.95. The lowest BCUT2D eigenvalue weighted by Gasteiger charge is -2.03. The Morgan fingerprint density at radius 1 is 1.57 bits per heavy atom. The van der Waals surface area contributed by atoms with Gasteiger partial charge in [-0.2, -0.15) is 0 Å². The van der Waals surface area contributed by atoms with E-state index in [9.17, 15) is 0 Å². The smallest absolute Gasteiger partial charge is 0.0416 e. The van der Waals surface area contributed by atoms with Crippen LogP contribution in [0.1, 0.15) is 12.6 Å². The molecule has 0 bridgehead atoms. The van der Waals surface area contributed by atoms with Crippen LogP contribution < -0.4 is 5.32 Å². The van der Waals surface area contributed by atoms with E-state index in [4.69, 9.17) is 11.6 Å². The Kier molecular flexibility index (Phi) is 5.27. The molecule has 0 unspecified atom stereocenters. The molecule has 0 amide bonds. The number of nitrogens with one attached hydrogen (secondary N) is 1. The second kappa shape index (κ2) is 6.57. The SMILES string of the molecule is C/C(=C/Cl)CNCCc1ccccn1. The summed E-state index contributed by atoms with van der Waals surface area (Å²) >= 11 is 5.53. The normalized spacial score (nSPS) is 11.7. The van der Waals surface area contributed by atoms with E-state index < -0.39 is 0 Å². The molecule has 1 heterocycles. The van der Waals surface area contributed by atoms with Gasteiger partial charge in [-0.1, -0.05) is 17.7 Å². The van der Waals surface area contributed by atoms with Gasteiger partial charge in [0.15, 0.2) is 0 Å². The standard InChI is InChI=1S/C11H15ClN2/c1-10(8-12)9-13-7-5-11-4-2-3-6-14-11/h2-4,6,8,13H,5,7,9H2,1H3/b10-8-. The van der Waals surface area contributed by atoms with Crippen LogP contribution in [0.5, 0.6) is 0 Å². The fourth-order valence-corrected chi connectivity index (χ4v) is 1.16. The summed E-state index contributed by atoms with van der Waals surface area (Å²) in [6.45, 7) is 3.77. The Morgan fingerprint density at radius 3 is 3.07 bits per heavy atom. The van der Waals surface area contributed by atoms with E-state index in [2.05, 4.69) is 10.3 Å². The van der Waals surface area contributed by atoms with Gasteiger partial charge in [-0.3, -0.25) is 4.98 Å². The Hall–Kier alpha value is -0.860. The molecular weight excluding hydrogens is 196 g/mol. The van der Waals surface area contributed by atoms with Gasteiger partial charge in [0.1, 0.15) is 0 Å². The van der Waals surface area contributed by atoms with Crippen LogP contribution >= 0.6 is 11.6 Å². The summed E-state index contributed by atoms with van der Waals surface area (Å²) in [6.07, 6.45) is 2.77. The fourth-order valence-electron chi connectivity index (χ4n) is 1.09. The third-order valence-electron chi connectivity index (χ3n) is 1.87. The fraction of sp³-hybridized carbons (Fsp3) is 0.364. The summed E-state index contributed by atoms with van der Waals surface area (Å²) in [6, 6.07) is 5.97. The van der Waals surface area contributed by atoms with Gasteiger partial charge in [-0.25, -0.2) is 0 Å². The molecule has 0 aliphatic rings. The highest BCUT2D eigenvalue weighted by molar-refractivity contribution is 6.25. The molecule has 0 saturated carbocycles. The van der Waals surface area contributed by atoms with Crippen molar-refractivity contribution in [2.45, 2.75) is 13.3 Å². The molecule has 1 rings (SSSR count). The molecule has 0 atom stereocenters. The van der Waals surface area contributed by atoms with E-state index in [0.29, 0.717) is 0 Å². The molecule has 0 radical (unpaired) electrons. The zero-order valence-corrected chi connectivity index (χ0v) is 9.09. The van der Waals surface area contributed by atoms with Crippen LogP contribution in [0.2, 0.25) is 0 Å². The van der Waals surface area contributed by atoms with Crippen LogP contribution in [0.25, 0.3) is 0 Å². The summed E-state index contributed by atoms with van der Waals surface area (Å²) < 4.78 is 0. The lowest BCUT2D eigenvalue weighted by Crippen LogP contribution is -2.19. The van der Waals surface area contributed by atoms with E-state index in [1.807, 2.05) is 31.3 Å². The predicted octanol–water partition coefficient (Wildman–Crippen LogP) is 2.36. The van der Waals surface area contributed by atoms with E-state index in [1.54, 1.807) is 5.54 Å². The van der Waals surface area contributed by atoms with Crippen LogP contribution in [-0.4, -0.2) is 18.1 Å². The van der Waals surface area contributed by atoms with Gasteiger partial charge in [0.25, 0.3) is 0 Å². The molecule has 0 aromatic carbocycles. The van der Waals surface area contributed by atoms with Crippen molar-refractivity contribution in [2.24, 2.45) is 0 Å². The molecule has 14 heavy (non-hydrogen) atoms. The Morgan fingerprint density at radius 2 is 2.43 bits per heavy atom. The van der Waals surface area contributed by atoms with Gasteiger partial charge in [-0.05, 0) is 24.6 Å². The van der Waals surface area contributed by atoms with Crippen molar-refractivity contribution in [1.82, 2.24) is 10.3 Å². The zero-order chi connectivity index (χ0) is 10.2. The average molecular weight is 211 g/mol. The topological polar surface area (TPSA) is 24.9 Å². The Labute approximate surface area is 90.0 Å². The third-order valence-corrected chi connectivity index (χ3v) is 2.25. The largest absolute Gasteiger partial charge is 0.313 e. The monoisotopic (exact) mass is 210 g/mol. The second-order valence-electron chi connectivity index (χ2n) is 3.20. The highest BCUT2D eigenvalue weighted by atomic mass is 35.5. The summed E-state index contributed by atoms with van der Waals surface area (Å²) in [5.41, 5.74) is 3.87. The molecule has 2 nitrogen and oxygen atoms in total. The molecule has 1 aromatic rings. The number of hydrogen-bond donors (Lipinski definition) is 1. The van der Waals surface area contributed by atoms with Crippen molar-refractivity contribution >= 4 is 11.6 Å². The van der Waals surface area contributed by atoms with Crippen LogP contribution in [0.3, 0.4) is 0 Å². The second-order valence-corrected chi connectivity index (χ2v) is 3.42. The Balaban J connectivity index is 2.17. The molecule has 3 heteroatoms. The van der Waals surface area contributed by atoms with E-state index >= 15 is 0 Å². The molecule has 0 aliphatic heterocycles. The minimum Gasteiger partial charge on any atom is -0.313 e. The van der Waals surface area contributed by atoms with E-state index in [1.165, 1.54) is 0 Å².